The Bertz CT molecular complexity index is 1040. The Hall–Kier alpha value is -3.02. The summed E-state index contributed by atoms with van der Waals surface area (Å²) in [6, 6.07) is 23.2. The zero-order valence-corrected chi connectivity index (χ0v) is 19.8. The molecule has 0 saturated heterocycles. The number of nitrogens with zero attached hydrogens (tertiary/aromatic N) is 1. The van der Waals surface area contributed by atoms with Crippen LogP contribution in [0.5, 0.6) is 17.2 Å². The largest absolute Gasteiger partial charge is 0.493 e. The van der Waals surface area contributed by atoms with E-state index in [1.807, 2.05) is 12.1 Å². The first-order valence-electron chi connectivity index (χ1n) is 11.6. The van der Waals surface area contributed by atoms with E-state index in [0.29, 0.717) is 13.2 Å². The molecule has 1 unspecified atom stereocenters. The molecule has 0 fully saturated rings. The summed E-state index contributed by atoms with van der Waals surface area (Å²) >= 11 is 0. The topological polar surface area (TPSA) is 43.0 Å². The molecule has 4 rings (SSSR count). The molecule has 5 heteroatoms. The Balaban J connectivity index is 1.45. The van der Waals surface area contributed by atoms with E-state index in [-0.39, 0.29) is 6.04 Å². The van der Waals surface area contributed by atoms with Crippen LogP contribution in [0.2, 0.25) is 0 Å². The van der Waals surface area contributed by atoms with Gasteiger partial charge in [0.15, 0.2) is 11.5 Å². The van der Waals surface area contributed by atoms with Crippen molar-refractivity contribution < 1.29 is 14.2 Å². The standard InChI is InChI=1S/C28H34N2O3/c1-30(2)16-18-32-24-10-11-25-22(19-24)13-15-29-28(25)23-9-12-26(27(20-23)31-3)33-17-14-21-7-5-4-6-8-21/h4-12,19-20,28-29H,13-18H2,1-3H3. The average molecular weight is 447 g/mol. The first-order valence-corrected chi connectivity index (χ1v) is 11.6. The number of methoxy groups -OCH3 is 1. The predicted octanol–water partition coefficient (Wildman–Crippen LogP) is 4.49. The number of hydrogen-bond donors (Lipinski definition) is 1. The second-order valence-electron chi connectivity index (χ2n) is 8.64. The lowest BCUT2D eigenvalue weighted by Crippen LogP contribution is -2.30. The molecule has 0 bridgehead atoms. The summed E-state index contributed by atoms with van der Waals surface area (Å²) in [5.74, 6) is 2.48. The third kappa shape index (κ3) is 6.06. The zero-order chi connectivity index (χ0) is 23.0. The van der Waals surface area contributed by atoms with E-state index in [9.17, 15) is 0 Å². The molecule has 0 radical (unpaired) electrons. The first kappa shape index (κ1) is 23.1. The molecule has 1 aliphatic heterocycles. The molecule has 174 valence electrons. The van der Waals surface area contributed by atoms with Gasteiger partial charge in [0, 0.05) is 19.5 Å². The van der Waals surface area contributed by atoms with Gasteiger partial charge in [0.05, 0.1) is 19.8 Å². The lowest BCUT2D eigenvalue weighted by molar-refractivity contribution is 0.261. The number of ether oxygens (including phenoxy) is 3. The van der Waals surface area contributed by atoms with E-state index in [2.05, 4.69) is 78.9 Å². The van der Waals surface area contributed by atoms with Gasteiger partial charge in [-0.15, -0.1) is 0 Å². The van der Waals surface area contributed by atoms with Gasteiger partial charge in [0.1, 0.15) is 12.4 Å². The van der Waals surface area contributed by atoms with Crippen LogP contribution in [0.3, 0.4) is 0 Å². The van der Waals surface area contributed by atoms with Crippen molar-refractivity contribution in [1.82, 2.24) is 10.2 Å². The summed E-state index contributed by atoms with van der Waals surface area (Å²) in [6.45, 7) is 3.13. The summed E-state index contributed by atoms with van der Waals surface area (Å²) in [7, 11) is 5.81. The normalized spacial score (nSPS) is 15.2. The van der Waals surface area contributed by atoms with Crippen molar-refractivity contribution in [2.24, 2.45) is 0 Å². The van der Waals surface area contributed by atoms with Gasteiger partial charge in [-0.1, -0.05) is 42.5 Å². The first-order chi connectivity index (χ1) is 16.1. The molecule has 1 aliphatic rings. The molecule has 0 saturated carbocycles. The molecule has 0 spiro atoms. The molecule has 0 amide bonds. The van der Waals surface area contributed by atoms with Gasteiger partial charge < -0.3 is 24.4 Å². The van der Waals surface area contributed by atoms with Gasteiger partial charge in [0.25, 0.3) is 0 Å². The quantitative estimate of drug-likeness (QED) is 0.497. The predicted molar refractivity (Wildman–Crippen MR) is 133 cm³/mol. The lowest BCUT2D eigenvalue weighted by Gasteiger charge is -2.28. The second kappa shape index (κ2) is 11.2. The van der Waals surface area contributed by atoms with Crippen LogP contribution in [0.4, 0.5) is 0 Å². The highest BCUT2D eigenvalue weighted by Gasteiger charge is 2.23. The number of likely N-dealkylation sites (N-methyl/N-ethyl adjacent to an activating group) is 1. The number of benzene rings is 3. The van der Waals surface area contributed by atoms with Crippen molar-refractivity contribution in [2.75, 3.05) is 47.5 Å². The van der Waals surface area contributed by atoms with Crippen LogP contribution in [0, 0.1) is 0 Å². The van der Waals surface area contributed by atoms with Crippen LogP contribution in [-0.4, -0.2) is 52.4 Å². The van der Waals surface area contributed by atoms with Crippen molar-refractivity contribution in [3.05, 3.63) is 89.0 Å². The SMILES string of the molecule is COc1cc(C2NCCc3cc(OCCN(C)C)ccc32)ccc1OCCc1ccccc1. The molecule has 1 N–H and O–H groups in total. The minimum Gasteiger partial charge on any atom is -0.493 e. The van der Waals surface area contributed by atoms with Crippen molar-refractivity contribution in [3.63, 3.8) is 0 Å². The highest BCUT2D eigenvalue weighted by atomic mass is 16.5. The van der Waals surface area contributed by atoms with E-state index < -0.39 is 0 Å². The van der Waals surface area contributed by atoms with Crippen molar-refractivity contribution in [1.29, 1.82) is 0 Å². The summed E-state index contributed by atoms with van der Waals surface area (Å²) in [5.41, 5.74) is 5.06. The lowest BCUT2D eigenvalue weighted by atomic mass is 9.89. The maximum atomic E-state index is 6.05. The van der Waals surface area contributed by atoms with Crippen molar-refractivity contribution in [3.8, 4) is 17.2 Å². The van der Waals surface area contributed by atoms with Crippen LogP contribution in [0.15, 0.2) is 66.7 Å². The van der Waals surface area contributed by atoms with Crippen LogP contribution >= 0.6 is 0 Å². The maximum absolute atomic E-state index is 6.05. The fourth-order valence-corrected chi connectivity index (χ4v) is 4.18. The molecule has 1 atom stereocenters. The monoisotopic (exact) mass is 446 g/mol. The molecule has 33 heavy (non-hydrogen) atoms. The van der Waals surface area contributed by atoms with E-state index in [4.69, 9.17) is 14.2 Å². The molecule has 0 aromatic heterocycles. The average Bonchev–Trinajstić information content (AvgIpc) is 2.84. The fourth-order valence-electron chi connectivity index (χ4n) is 4.18. The number of nitrogens with one attached hydrogen (secondary N) is 1. The summed E-state index contributed by atoms with van der Waals surface area (Å²) in [4.78, 5) is 2.13. The fraction of sp³-hybridized carbons (Fsp3) is 0.357. The molecule has 1 heterocycles. The number of fused-ring (bicyclic) bond motifs is 1. The van der Waals surface area contributed by atoms with Crippen LogP contribution < -0.4 is 19.5 Å². The number of rotatable bonds is 10. The Morgan fingerprint density at radius 1 is 0.909 bits per heavy atom. The van der Waals surface area contributed by atoms with Crippen molar-refractivity contribution in [2.45, 2.75) is 18.9 Å². The summed E-state index contributed by atoms with van der Waals surface area (Å²) in [6.07, 6.45) is 1.86. The molecular formula is C28H34N2O3. The molecule has 3 aromatic carbocycles. The zero-order valence-electron chi connectivity index (χ0n) is 19.8. The summed E-state index contributed by atoms with van der Waals surface area (Å²) in [5, 5.41) is 3.66. The second-order valence-corrected chi connectivity index (χ2v) is 8.64. The van der Waals surface area contributed by atoms with Gasteiger partial charge in [-0.2, -0.15) is 0 Å². The van der Waals surface area contributed by atoms with Gasteiger partial charge in [-0.25, -0.2) is 0 Å². The molecule has 5 nitrogen and oxygen atoms in total. The van der Waals surface area contributed by atoms with Crippen LogP contribution in [-0.2, 0) is 12.8 Å². The van der Waals surface area contributed by atoms with E-state index in [1.165, 1.54) is 22.3 Å². The highest BCUT2D eigenvalue weighted by molar-refractivity contribution is 5.49. The Labute approximate surface area is 197 Å². The van der Waals surface area contributed by atoms with Gasteiger partial charge in [-0.3, -0.25) is 0 Å². The van der Waals surface area contributed by atoms with Gasteiger partial charge >= 0.3 is 0 Å². The smallest absolute Gasteiger partial charge is 0.161 e. The minimum absolute atomic E-state index is 0.122. The molecule has 3 aromatic rings. The Morgan fingerprint density at radius 2 is 1.76 bits per heavy atom. The summed E-state index contributed by atoms with van der Waals surface area (Å²) < 4.78 is 17.7. The van der Waals surface area contributed by atoms with E-state index in [1.54, 1.807) is 7.11 Å². The highest BCUT2D eigenvalue weighted by Crippen LogP contribution is 2.36. The van der Waals surface area contributed by atoms with E-state index >= 15 is 0 Å². The third-order valence-corrected chi connectivity index (χ3v) is 5.99. The van der Waals surface area contributed by atoms with Gasteiger partial charge in [-0.05, 0) is 67.0 Å². The van der Waals surface area contributed by atoms with Gasteiger partial charge in [0.2, 0.25) is 0 Å². The molecule has 0 aliphatic carbocycles. The Morgan fingerprint density at radius 3 is 2.55 bits per heavy atom. The number of hydrogen-bond acceptors (Lipinski definition) is 5. The van der Waals surface area contributed by atoms with Crippen molar-refractivity contribution >= 4 is 0 Å². The minimum atomic E-state index is 0.122. The maximum Gasteiger partial charge on any atom is 0.161 e. The van der Waals surface area contributed by atoms with Crippen LogP contribution in [0.1, 0.15) is 28.3 Å². The van der Waals surface area contributed by atoms with E-state index in [0.717, 1.165) is 43.2 Å². The Kier molecular flexibility index (Phi) is 7.87. The molecular weight excluding hydrogens is 412 g/mol. The van der Waals surface area contributed by atoms with Crippen LogP contribution in [0.25, 0.3) is 0 Å². The third-order valence-electron chi connectivity index (χ3n) is 5.99.